The van der Waals surface area contributed by atoms with Gasteiger partial charge in [-0.05, 0) is 50.1 Å². The maximum Gasteiger partial charge on any atom is 0.244 e. The number of nitrogens with zero attached hydrogens (tertiary/aromatic N) is 1. The molecule has 6 heteroatoms. The van der Waals surface area contributed by atoms with Gasteiger partial charge in [0.2, 0.25) is 10.0 Å². The summed E-state index contributed by atoms with van der Waals surface area (Å²) < 4.78 is 27.6. The van der Waals surface area contributed by atoms with Crippen LogP contribution in [0.5, 0.6) is 0 Å². The van der Waals surface area contributed by atoms with Crippen LogP contribution < -0.4 is 5.32 Å². The lowest BCUT2D eigenvalue weighted by Gasteiger charge is -2.22. The van der Waals surface area contributed by atoms with Crippen LogP contribution in [0, 0.1) is 12.8 Å². The van der Waals surface area contributed by atoms with Crippen molar-refractivity contribution in [2.24, 2.45) is 5.92 Å². The molecular formula is C14H24N2O2S2. The monoisotopic (exact) mass is 316 g/mol. The summed E-state index contributed by atoms with van der Waals surface area (Å²) in [6, 6.07) is 0. The first-order valence-corrected chi connectivity index (χ1v) is 9.54. The van der Waals surface area contributed by atoms with Gasteiger partial charge in [-0.15, -0.1) is 11.3 Å². The molecule has 4 nitrogen and oxygen atoms in total. The van der Waals surface area contributed by atoms with Gasteiger partial charge in [-0.3, -0.25) is 0 Å². The number of sulfonamides is 1. The number of aryl methyl sites for hydroxylation is 1. The van der Waals surface area contributed by atoms with Crippen LogP contribution in [0.4, 0.5) is 0 Å². The average molecular weight is 316 g/mol. The Labute approximate surface area is 126 Å². The highest BCUT2D eigenvalue weighted by Crippen LogP contribution is 2.34. The van der Waals surface area contributed by atoms with Crippen LogP contribution in [0.15, 0.2) is 10.3 Å². The Kier molecular flexibility index (Phi) is 5.23. The molecule has 1 aromatic heterocycles. The normalized spacial score (nSPS) is 16.0. The fourth-order valence-corrected chi connectivity index (χ4v) is 5.77. The highest BCUT2D eigenvalue weighted by Gasteiger charge is 2.33. The SMILES string of the molecule is CCCN(CC1CC1)S(=O)(=O)c1c(C)csc1CNC. The minimum atomic E-state index is -3.35. The van der Waals surface area contributed by atoms with Gasteiger partial charge in [0.1, 0.15) is 4.90 Å². The highest BCUT2D eigenvalue weighted by molar-refractivity contribution is 7.89. The van der Waals surface area contributed by atoms with Crippen LogP contribution in [0.1, 0.15) is 36.6 Å². The van der Waals surface area contributed by atoms with Gasteiger partial charge in [0, 0.05) is 24.5 Å². The van der Waals surface area contributed by atoms with Gasteiger partial charge in [0.15, 0.2) is 0 Å². The Morgan fingerprint density at radius 3 is 2.70 bits per heavy atom. The maximum absolute atomic E-state index is 13.0. The van der Waals surface area contributed by atoms with E-state index in [2.05, 4.69) is 5.32 Å². The van der Waals surface area contributed by atoms with E-state index in [1.165, 1.54) is 24.2 Å². The predicted octanol–water partition coefficient (Wildman–Crippen LogP) is 2.59. The third kappa shape index (κ3) is 3.42. The van der Waals surface area contributed by atoms with Crippen molar-refractivity contribution in [2.45, 2.75) is 44.6 Å². The summed E-state index contributed by atoms with van der Waals surface area (Å²) >= 11 is 1.53. The van der Waals surface area contributed by atoms with E-state index < -0.39 is 10.0 Å². The third-order valence-electron chi connectivity index (χ3n) is 3.56. The van der Waals surface area contributed by atoms with Crippen molar-refractivity contribution in [3.63, 3.8) is 0 Å². The molecule has 114 valence electrons. The number of nitrogens with one attached hydrogen (secondary N) is 1. The zero-order valence-corrected chi connectivity index (χ0v) is 14.1. The van der Waals surface area contributed by atoms with Crippen LogP contribution in [-0.4, -0.2) is 32.9 Å². The summed E-state index contributed by atoms with van der Waals surface area (Å²) in [4.78, 5) is 1.45. The van der Waals surface area contributed by atoms with E-state index in [-0.39, 0.29) is 0 Å². The van der Waals surface area contributed by atoms with Gasteiger partial charge in [-0.1, -0.05) is 6.92 Å². The largest absolute Gasteiger partial charge is 0.315 e. The second kappa shape index (κ2) is 6.56. The van der Waals surface area contributed by atoms with Gasteiger partial charge in [0.05, 0.1) is 0 Å². The van der Waals surface area contributed by atoms with Crippen molar-refractivity contribution < 1.29 is 8.42 Å². The van der Waals surface area contributed by atoms with Crippen molar-refractivity contribution in [1.82, 2.24) is 9.62 Å². The first kappa shape index (κ1) is 15.9. The summed E-state index contributed by atoms with van der Waals surface area (Å²) in [5, 5.41) is 5.01. The third-order valence-corrected chi connectivity index (χ3v) is 6.89. The maximum atomic E-state index is 13.0. The zero-order chi connectivity index (χ0) is 14.8. The Bertz CT molecular complexity index is 548. The van der Waals surface area contributed by atoms with Crippen LogP contribution in [0.3, 0.4) is 0 Å². The topological polar surface area (TPSA) is 49.4 Å². The van der Waals surface area contributed by atoms with Gasteiger partial charge in [0.25, 0.3) is 0 Å². The molecule has 1 saturated carbocycles. The molecule has 1 heterocycles. The summed E-state index contributed by atoms with van der Waals surface area (Å²) in [6.07, 6.45) is 3.19. The lowest BCUT2D eigenvalue weighted by molar-refractivity contribution is 0.395. The van der Waals surface area contributed by atoms with E-state index in [1.807, 2.05) is 26.3 Å². The summed E-state index contributed by atoms with van der Waals surface area (Å²) in [5.74, 6) is 0.572. The van der Waals surface area contributed by atoms with Crippen LogP contribution >= 0.6 is 11.3 Å². The lowest BCUT2D eigenvalue weighted by atomic mass is 10.3. The second-order valence-corrected chi connectivity index (χ2v) is 8.35. The number of hydrogen-bond acceptors (Lipinski definition) is 4. The minimum Gasteiger partial charge on any atom is -0.315 e. The van der Waals surface area contributed by atoms with E-state index >= 15 is 0 Å². The Balaban J connectivity index is 2.33. The molecule has 1 aliphatic carbocycles. The fraction of sp³-hybridized carbons (Fsp3) is 0.714. The van der Waals surface area contributed by atoms with Gasteiger partial charge >= 0.3 is 0 Å². The molecule has 0 atom stereocenters. The molecule has 0 unspecified atom stereocenters. The van der Waals surface area contributed by atoms with Gasteiger partial charge in [-0.25, -0.2) is 8.42 Å². The standard InChI is InChI=1S/C14H24N2O2S2/c1-4-7-16(9-12-5-6-12)20(17,18)14-11(2)10-19-13(14)8-15-3/h10,12,15H,4-9H2,1-3H3. The number of thiophene rings is 1. The molecule has 0 amide bonds. The summed E-state index contributed by atoms with van der Waals surface area (Å²) in [7, 11) is -1.51. The van der Waals surface area contributed by atoms with E-state index in [0.29, 0.717) is 30.4 Å². The summed E-state index contributed by atoms with van der Waals surface area (Å²) in [6.45, 7) is 5.84. The first-order chi connectivity index (χ1) is 9.50. The molecule has 0 bridgehead atoms. The number of rotatable bonds is 8. The molecule has 20 heavy (non-hydrogen) atoms. The van der Waals surface area contributed by atoms with Crippen molar-refractivity contribution in [3.05, 3.63) is 15.8 Å². The van der Waals surface area contributed by atoms with Crippen molar-refractivity contribution in [2.75, 3.05) is 20.1 Å². The van der Waals surface area contributed by atoms with E-state index in [4.69, 9.17) is 0 Å². The average Bonchev–Trinajstić information content (AvgIpc) is 3.12. The van der Waals surface area contributed by atoms with Crippen LogP contribution in [-0.2, 0) is 16.6 Å². The molecule has 1 fully saturated rings. The molecule has 2 rings (SSSR count). The van der Waals surface area contributed by atoms with E-state index in [0.717, 1.165) is 16.9 Å². The van der Waals surface area contributed by atoms with Crippen LogP contribution in [0.25, 0.3) is 0 Å². The molecule has 0 radical (unpaired) electrons. The molecule has 1 aromatic rings. The Hall–Kier alpha value is -0.430. The summed E-state index contributed by atoms with van der Waals surface area (Å²) in [5.41, 5.74) is 0.872. The molecule has 0 saturated heterocycles. The Morgan fingerprint density at radius 1 is 1.45 bits per heavy atom. The van der Waals surface area contributed by atoms with Gasteiger partial charge in [-0.2, -0.15) is 4.31 Å². The smallest absolute Gasteiger partial charge is 0.244 e. The lowest BCUT2D eigenvalue weighted by Crippen LogP contribution is -2.34. The molecule has 0 aliphatic heterocycles. The predicted molar refractivity (Wildman–Crippen MR) is 83.6 cm³/mol. The number of hydrogen-bond donors (Lipinski definition) is 1. The molecule has 0 aromatic carbocycles. The van der Waals surface area contributed by atoms with Crippen molar-refractivity contribution in [1.29, 1.82) is 0 Å². The minimum absolute atomic E-state index is 0.533. The van der Waals surface area contributed by atoms with Gasteiger partial charge < -0.3 is 5.32 Å². The Morgan fingerprint density at radius 2 is 2.15 bits per heavy atom. The zero-order valence-electron chi connectivity index (χ0n) is 12.5. The quantitative estimate of drug-likeness (QED) is 0.802. The van der Waals surface area contributed by atoms with Crippen LogP contribution in [0.2, 0.25) is 0 Å². The molecule has 1 N–H and O–H groups in total. The molecular weight excluding hydrogens is 292 g/mol. The highest BCUT2D eigenvalue weighted by atomic mass is 32.2. The van der Waals surface area contributed by atoms with E-state index in [1.54, 1.807) is 4.31 Å². The van der Waals surface area contributed by atoms with Crippen molar-refractivity contribution >= 4 is 21.4 Å². The molecule has 0 spiro atoms. The first-order valence-electron chi connectivity index (χ1n) is 7.22. The van der Waals surface area contributed by atoms with Crippen molar-refractivity contribution in [3.8, 4) is 0 Å². The fourth-order valence-electron chi connectivity index (χ4n) is 2.39. The second-order valence-electron chi connectivity index (χ2n) is 5.51. The van der Waals surface area contributed by atoms with E-state index in [9.17, 15) is 8.42 Å². The molecule has 1 aliphatic rings.